The van der Waals surface area contributed by atoms with E-state index < -0.39 is 8.32 Å². The molecule has 1 atom stereocenters. The van der Waals surface area contributed by atoms with Crippen LogP contribution in [0.3, 0.4) is 0 Å². The fourth-order valence-corrected chi connectivity index (χ4v) is 8.24. The van der Waals surface area contributed by atoms with Gasteiger partial charge in [0.1, 0.15) is 18.5 Å². The molecular weight excluding hydrogens is 376 g/mol. The molecule has 3 aromatic carbocycles. The van der Waals surface area contributed by atoms with E-state index in [4.69, 9.17) is 13.9 Å². The highest BCUT2D eigenvalue weighted by atomic mass is 28.4. The smallest absolute Gasteiger partial charge is 0.320 e. The maximum Gasteiger partial charge on any atom is 0.320 e. The van der Waals surface area contributed by atoms with Crippen molar-refractivity contribution < 1.29 is 13.9 Å². The normalized spacial score (nSPS) is 16.3. The van der Waals surface area contributed by atoms with Gasteiger partial charge in [0.05, 0.1) is 6.61 Å². The molecule has 0 radical (unpaired) electrons. The second-order valence-corrected chi connectivity index (χ2v) is 12.7. The SMILES string of the molecule is CC(C)(C)[Si](Oc1ccccc1OCC1CO1)(c1ccccc1)c1ccccc1. The Bertz CT molecular complexity index is 892. The van der Waals surface area contributed by atoms with Crippen molar-refractivity contribution in [3.05, 3.63) is 84.9 Å². The van der Waals surface area contributed by atoms with Gasteiger partial charge < -0.3 is 13.9 Å². The Hall–Kier alpha value is -2.56. The molecule has 1 unspecified atom stereocenters. The van der Waals surface area contributed by atoms with Crippen LogP contribution in [0.15, 0.2) is 84.9 Å². The zero-order valence-electron chi connectivity index (χ0n) is 17.3. The lowest BCUT2D eigenvalue weighted by molar-refractivity contribution is 0.257. The van der Waals surface area contributed by atoms with Crippen LogP contribution >= 0.6 is 0 Å². The number of rotatable bonds is 7. The van der Waals surface area contributed by atoms with Gasteiger partial charge in [-0.3, -0.25) is 0 Å². The van der Waals surface area contributed by atoms with Crippen molar-refractivity contribution in [2.75, 3.05) is 13.2 Å². The fourth-order valence-electron chi connectivity index (χ4n) is 3.82. The average molecular weight is 405 g/mol. The van der Waals surface area contributed by atoms with Crippen molar-refractivity contribution in [2.45, 2.75) is 31.9 Å². The van der Waals surface area contributed by atoms with Crippen LogP contribution in [0.5, 0.6) is 11.5 Å². The molecule has 0 aliphatic carbocycles. The van der Waals surface area contributed by atoms with Gasteiger partial charge in [0.25, 0.3) is 0 Å². The van der Waals surface area contributed by atoms with Gasteiger partial charge in [-0.2, -0.15) is 0 Å². The topological polar surface area (TPSA) is 31.0 Å². The first-order chi connectivity index (χ1) is 14.0. The number of para-hydroxylation sites is 2. The molecule has 1 fully saturated rings. The minimum absolute atomic E-state index is 0.0948. The molecule has 0 saturated carbocycles. The van der Waals surface area contributed by atoms with Crippen LogP contribution in [0.1, 0.15) is 20.8 Å². The Kier molecular flexibility index (Phi) is 5.48. The molecule has 0 bridgehead atoms. The Balaban J connectivity index is 1.83. The molecule has 0 spiro atoms. The van der Waals surface area contributed by atoms with Gasteiger partial charge in [0.15, 0.2) is 5.75 Å². The Morgan fingerprint density at radius 2 is 1.28 bits per heavy atom. The van der Waals surface area contributed by atoms with Crippen LogP contribution < -0.4 is 19.5 Å². The quantitative estimate of drug-likeness (QED) is 0.432. The molecule has 3 nitrogen and oxygen atoms in total. The third-order valence-corrected chi connectivity index (χ3v) is 10.3. The highest BCUT2D eigenvalue weighted by molar-refractivity contribution is 7.00. The molecule has 4 rings (SSSR count). The second kappa shape index (κ2) is 8.05. The summed E-state index contributed by atoms with van der Waals surface area (Å²) >= 11 is 0. The minimum Gasteiger partial charge on any atom is -0.531 e. The molecular formula is C25H28O3Si. The zero-order valence-corrected chi connectivity index (χ0v) is 18.3. The van der Waals surface area contributed by atoms with E-state index in [-0.39, 0.29) is 11.1 Å². The summed E-state index contributed by atoms with van der Waals surface area (Å²) in [6.45, 7) is 8.17. The zero-order chi connectivity index (χ0) is 20.3. The molecule has 0 N–H and O–H groups in total. The van der Waals surface area contributed by atoms with Gasteiger partial charge in [-0.25, -0.2) is 0 Å². The summed E-state index contributed by atoms with van der Waals surface area (Å²) in [5.74, 6) is 1.57. The first-order valence-electron chi connectivity index (χ1n) is 10.1. The maximum atomic E-state index is 7.10. The molecule has 0 aromatic heterocycles. The number of ether oxygens (including phenoxy) is 2. The van der Waals surface area contributed by atoms with E-state index in [2.05, 4.69) is 81.4 Å². The van der Waals surface area contributed by atoms with Gasteiger partial charge in [-0.1, -0.05) is 93.6 Å². The van der Waals surface area contributed by atoms with Crippen molar-refractivity contribution in [1.29, 1.82) is 0 Å². The third kappa shape index (κ3) is 4.09. The Labute approximate surface area is 174 Å². The molecule has 1 aliphatic heterocycles. The van der Waals surface area contributed by atoms with E-state index in [1.807, 2.05) is 24.3 Å². The van der Waals surface area contributed by atoms with Crippen LogP contribution in [0.25, 0.3) is 0 Å². The molecule has 4 heteroatoms. The van der Waals surface area contributed by atoms with E-state index >= 15 is 0 Å². The van der Waals surface area contributed by atoms with Crippen molar-refractivity contribution in [3.63, 3.8) is 0 Å². The molecule has 1 heterocycles. The van der Waals surface area contributed by atoms with Gasteiger partial charge in [-0.05, 0) is 27.5 Å². The predicted molar refractivity (Wildman–Crippen MR) is 120 cm³/mol. The van der Waals surface area contributed by atoms with Gasteiger partial charge >= 0.3 is 8.32 Å². The van der Waals surface area contributed by atoms with E-state index in [1.54, 1.807) is 0 Å². The maximum absolute atomic E-state index is 7.10. The molecule has 150 valence electrons. The third-order valence-electron chi connectivity index (χ3n) is 5.36. The highest BCUT2D eigenvalue weighted by Gasteiger charge is 2.52. The highest BCUT2D eigenvalue weighted by Crippen LogP contribution is 2.40. The number of hydrogen-bond donors (Lipinski definition) is 0. The van der Waals surface area contributed by atoms with E-state index in [1.165, 1.54) is 10.4 Å². The average Bonchev–Trinajstić information content (AvgIpc) is 3.56. The van der Waals surface area contributed by atoms with Crippen LogP contribution in [-0.2, 0) is 4.74 Å². The number of benzene rings is 3. The summed E-state index contributed by atoms with van der Waals surface area (Å²) in [5, 5.41) is 2.40. The lowest BCUT2D eigenvalue weighted by Gasteiger charge is -2.43. The molecule has 1 saturated heterocycles. The fraction of sp³-hybridized carbons (Fsp3) is 0.280. The number of epoxide rings is 1. The number of hydrogen-bond acceptors (Lipinski definition) is 3. The lowest BCUT2D eigenvalue weighted by Crippen LogP contribution is -2.68. The molecule has 1 aliphatic rings. The van der Waals surface area contributed by atoms with Crippen LogP contribution in [0, 0.1) is 0 Å². The van der Waals surface area contributed by atoms with Crippen LogP contribution in [0.4, 0.5) is 0 Å². The first-order valence-corrected chi connectivity index (χ1v) is 12.0. The van der Waals surface area contributed by atoms with Crippen LogP contribution in [0.2, 0.25) is 5.04 Å². The minimum atomic E-state index is -2.67. The summed E-state index contributed by atoms with van der Waals surface area (Å²) in [5.41, 5.74) is 0. The molecule has 3 aromatic rings. The van der Waals surface area contributed by atoms with Crippen molar-refractivity contribution in [2.24, 2.45) is 0 Å². The summed E-state index contributed by atoms with van der Waals surface area (Å²) in [7, 11) is -2.67. The monoisotopic (exact) mass is 404 g/mol. The standard InChI is InChI=1S/C25H28O3Si/c1-25(2,3)29(21-12-6-4-7-13-21,22-14-8-5-9-15-22)28-24-17-11-10-16-23(24)27-19-20-18-26-20/h4-17,20H,18-19H2,1-3H3. The lowest BCUT2D eigenvalue weighted by atomic mass is 10.2. The van der Waals surface area contributed by atoms with Crippen molar-refractivity contribution >= 4 is 18.7 Å². The Morgan fingerprint density at radius 3 is 1.76 bits per heavy atom. The van der Waals surface area contributed by atoms with E-state index in [0.717, 1.165) is 18.1 Å². The Morgan fingerprint density at radius 1 is 0.793 bits per heavy atom. The second-order valence-electron chi connectivity index (χ2n) is 8.48. The molecule has 29 heavy (non-hydrogen) atoms. The summed E-state index contributed by atoms with van der Waals surface area (Å²) < 4.78 is 18.5. The van der Waals surface area contributed by atoms with Gasteiger partial charge in [0.2, 0.25) is 0 Å². The van der Waals surface area contributed by atoms with Crippen molar-refractivity contribution in [3.8, 4) is 11.5 Å². The van der Waals surface area contributed by atoms with E-state index in [9.17, 15) is 0 Å². The summed E-state index contributed by atoms with van der Waals surface area (Å²) in [6.07, 6.45) is 0.205. The van der Waals surface area contributed by atoms with E-state index in [0.29, 0.717) is 6.61 Å². The summed E-state index contributed by atoms with van der Waals surface area (Å²) in [6, 6.07) is 29.3. The summed E-state index contributed by atoms with van der Waals surface area (Å²) in [4.78, 5) is 0. The van der Waals surface area contributed by atoms with Gasteiger partial charge in [-0.15, -0.1) is 0 Å². The van der Waals surface area contributed by atoms with Crippen LogP contribution in [-0.4, -0.2) is 27.6 Å². The van der Waals surface area contributed by atoms with Crippen molar-refractivity contribution in [1.82, 2.24) is 0 Å². The predicted octanol–water partition coefficient (Wildman–Crippen LogP) is 4.40. The largest absolute Gasteiger partial charge is 0.531 e. The first kappa shape index (κ1) is 19.7. The van der Waals surface area contributed by atoms with Gasteiger partial charge in [0, 0.05) is 0 Å². The molecule has 0 amide bonds.